The van der Waals surface area contributed by atoms with E-state index in [4.69, 9.17) is 5.11 Å². The van der Waals surface area contributed by atoms with E-state index < -0.39 is 12.0 Å². The minimum absolute atomic E-state index is 0. The number of carboxylic acid groups (broad SMARTS) is 1. The fraction of sp³-hybridized carbons (Fsp3) is 0.526. The van der Waals surface area contributed by atoms with Gasteiger partial charge in [0.1, 0.15) is 0 Å². The predicted molar refractivity (Wildman–Crippen MR) is 110 cm³/mol. The molecule has 0 radical (unpaired) electrons. The number of likely N-dealkylation sites (tertiary alicyclic amines) is 1. The van der Waals surface area contributed by atoms with Gasteiger partial charge >= 0.3 is 12.0 Å². The third-order valence-corrected chi connectivity index (χ3v) is 4.95. The van der Waals surface area contributed by atoms with Crippen molar-refractivity contribution in [3.8, 4) is 0 Å². The van der Waals surface area contributed by atoms with E-state index in [0.717, 1.165) is 24.0 Å². The largest absolute Gasteiger partial charge is 0.480 e. The SMILES string of the molecule is Cc1ccc(NC(=O)NC(=O)CN2CCC(N(C)CC(=O)O)CC2)cc1C.Cl. The van der Waals surface area contributed by atoms with Gasteiger partial charge in [0, 0.05) is 24.8 Å². The minimum Gasteiger partial charge on any atom is -0.480 e. The molecule has 0 aromatic heterocycles. The Bertz CT molecular complexity index is 705. The maximum absolute atomic E-state index is 12.1. The zero-order valence-corrected chi connectivity index (χ0v) is 17.3. The summed E-state index contributed by atoms with van der Waals surface area (Å²) in [6.45, 7) is 5.51. The number of carboxylic acids is 1. The molecule has 156 valence electrons. The number of imide groups is 1. The Labute approximate surface area is 171 Å². The summed E-state index contributed by atoms with van der Waals surface area (Å²) in [5, 5.41) is 13.9. The van der Waals surface area contributed by atoms with Crippen LogP contribution in [0, 0.1) is 13.8 Å². The van der Waals surface area contributed by atoms with E-state index in [9.17, 15) is 14.4 Å². The van der Waals surface area contributed by atoms with Crippen LogP contribution in [-0.4, -0.2) is 72.1 Å². The van der Waals surface area contributed by atoms with E-state index in [0.29, 0.717) is 18.8 Å². The van der Waals surface area contributed by atoms with E-state index in [1.807, 2.05) is 35.8 Å². The van der Waals surface area contributed by atoms with E-state index in [2.05, 4.69) is 10.6 Å². The summed E-state index contributed by atoms with van der Waals surface area (Å²) < 4.78 is 0. The van der Waals surface area contributed by atoms with Gasteiger partial charge in [-0.2, -0.15) is 0 Å². The highest BCUT2D eigenvalue weighted by molar-refractivity contribution is 6.01. The molecule has 0 atom stereocenters. The lowest BCUT2D eigenvalue weighted by atomic mass is 10.0. The minimum atomic E-state index is -0.839. The number of halogens is 1. The molecule has 0 bridgehead atoms. The van der Waals surface area contributed by atoms with E-state index in [-0.39, 0.29) is 37.4 Å². The van der Waals surface area contributed by atoms with Crippen molar-refractivity contribution in [2.75, 3.05) is 38.5 Å². The van der Waals surface area contributed by atoms with Gasteiger partial charge in [-0.05, 0) is 57.0 Å². The van der Waals surface area contributed by atoms with Crippen molar-refractivity contribution in [1.82, 2.24) is 15.1 Å². The molecule has 0 spiro atoms. The molecule has 1 saturated heterocycles. The zero-order valence-electron chi connectivity index (χ0n) is 16.5. The summed E-state index contributed by atoms with van der Waals surface area (Å²) in [5.74, 6) is -1.19. The average molecular weight is 413 g/mol. The molecule has 1 aliphatic heterocycles. The molecule has 0 saturated carbocycles. The first kappa shape index (κ1) is 23.9. The number of aryl methyl sites for hydroxylation is 2. The van der Waals surface area contributed by atoms with Crippen molar-refractivity contribution in [2.24, 2.45) is 0 Å². The molecule has 9 heteroatoms. The number of nitrogens with zero attached hydrogens (tertiary/aromatic N) is 2. The molecule has 1 aliphatic rings. The molecule has 28 heavy (non-hydrogen) atoms. The molecule has 0 aliphatic carbocycles. The third kappa shape index (κ3) is 7.46. The van der Waals surface area contributed by atoms with E-state index in [1.54, 1.807) is 13.1 Å². The Balaban J connectivity index is 0.00000392. The summed E-state index contributed by atoms with van der Waals surface area (Å²) in [4.78, 5) is 38.7. The average Bonchev–Trinajstić information content (AvgIpc) is 2.58. The van der Waals surface area contributed by atoms with Crippen LogP contribution in [0.2, 0.25) is 0 Å². The molecule has 1 heterocycles. The van der Waals surface area contributed by atoms with Crippen LogP contribution in [0.1, 0.15) is 24.0 Å². The van der Waals surface area contributed by atoms with Gasteiger partial charge in [-0.15, -0.1) is 12.4 Å². The van der Waals surface area contributed by atoms with Crippen molar-refractivity contribution in [3.63, 3.8) is 0 Å². The highest BCUT2D eigenvalue weighted by Gasteiger charge is 2.24. The fourth-order valence-electron chi connectivity index (χ4n) is 3.21. The number of carbonyl (C=O) groups excluding carboxylic acids is 2. The molecule has 1 fully saturated rings. The second-order valence-electron chi connectivity index (χ2n) is 7.12. The Hall–Kier alpha value is -2.16. The quantitative estimate of drug-likeness (QED) is 0.659. The molecule has 1 aromatic carbocycles. The lowest BCUT2D eigenvalue weighted by Gasteiger charge is -2.35. The molecule has 2 rings (SSSR count). The Morgan fingerprint density at radius 3 is 2.39 bits per heavy atom. The number of carbonyl (C=O) groups is 3. The number of amides is 3. The number of likely N-dealkylation sites (N-methyl/N-ethyl adjacent to an activating group) is 1. The summed E-state index contributed by atoms with van der Waals surface area (Å²) >= 11 is 0. The van der Waals surface area contributed by atoms with Crippen LogP contribution in [0.3, 0.4) is 0 Å². The first-order valence-electron chi connectivity index (χ1n) is 9.07. The maximum atomic E-state index is 12.1. The number of nitrogens with one attached hydrogen (secondary N) is 2. The molecular weight excluding hydrogens is 384 g/mol. The summed E-state index contributed by atoms with van der Waals surface area (Å²) in [6.07, 6.45) is 1.60. The Kier molecular flexibility index (Phi) is 9.37. The van der Waals surface area contributed by atoms with Crippen molar-refractivity contribution in [2.45, 2.75) is 32.7 Å². The summed E-state index contributed by atoms with van der Waals surface area (Å²) in [6, 6.07) is 5.23. The molecule has 1 aromatic rings. The molecule has 3 amide bonds. The van der Waals surface area contributed by atoms with Gasteiger partial charge in [-0.1, -0.05) is 6.07 Å². The monoisotopic (exact) mass is 412 g/mol. The number of urea groups is 1. The molecule has 0 unspecified atom stereocenters. The molecule has 3 N–H and O–H groups in total. The van der Waals surface area contributed by atoms with Gasteiger partial charge in [-0.3, -0.25) is 24.7 Å². The van der Waals surface area contributed by atoms with Crippen LogP contribution in [0.5, 0.6) is 0 Å². The fourth-order valence-corrected chi connectivity index (χ4v) is 3.21. The van der Waals surface area contributed by atoms with Crippen molar-refractivity contribution in [3.05, 3.63) is 29.3 Å². The van der Waals surface area contributed by atoms with E-state index in [1.165, 1.54) is 0 Å². The van der Waals surface area contributed by atoms with Crippen LogP contribution < -0.4 is 10.6 Å². The standard InChI is InChI=1S/C19H28N4O4.ClH/c1-13-4-5-15(10-14(13)2)20-19(27)21-17(24)11-23-8-6-16(7-9-23)22(3)12-18(25)26;/h4-5,10,16H,6-9,11-12H2,1-3H3,(H,25,26)(H2,20,21,24,27);1H. The normalized spacial score (nSPS) is 15.0. The summed E-state index contributed by atoms with van der Waals surface area (Å²) in [5.41, 5.74) is 2.84. The van der Waals surface area contributed by atoms with Crippen LogP contribution in [-0.2, 0) is 9.59 Å². The number of hydrogen-bond acceptors (Lipinski definition) is 5. The molecule has 8 nitrogen and oxygen atoms in total. The van der Waals surface area contributed by atoms with Gasteiger partial charge < -0.3 is 10.4 Å². The van der Waals surface area contributed by atoms with Crippen molar-refractivity contribution >= 4 is 36.0 Å². The topological polar surface area (TPSA) is 102 Å². The van der Waals surface area contributed by atoms with Gasteiger partial charge in [0.2, 0.25) is 5.91 Å². The van der Waals surface area contributed by atoms with Gasteiger partial charge in [0.15, 0.2) is 0 Å². The maximum Gasteiger partial charge on any atom is 0.325 e. The number of piperidine rings is 1. The third-order valence-electron chi connectivity index (χ3n) is 4.95. The van der Waals surface area contributed by atoms with Crippen LogP contribution in [0.4, 0.5) is 10.5 Å². The number of hydrogen-bond donors (Lipinski definition) is 3. The predicted octanol–water partition coefficient (Wildman–Crippen LogP) is 1.85. The smallest absolute Gasteiger partial charge is 0.325 e. The van der Waals surface area contributed by atoms with Gasteiger partial charge in [0.25, 0.3) is 0 Å². The van der Waals surface area contributed by atoms with E-state index >= 15 is 0 Å². The van der Waals surface area contributed by atoms with Crippen molar-refractivity contribution < 1.29 is 19.5 Å². The van der Waals surface area contributed by atoms with Crippen molar-refractivity contribution in [1.29, 1.82) is 0 Å². The second kappa shape index (κ2) is 11.0. The number of rotatable bonds is 6. The van der Waals surface area contributed by atoms with Crippen LogP contribution in [0.25, 0.3) is 0 Å². The Morgan fingerprint density at radius 1 is 1.18 bits per heavy atom. The van der Waals surface area contributed by atoms with Gasteiger partial charge in [-0.25, -0.2) is 4.79 Å². The highest BCUT2D eigenvalue weighted by atomic mass is 35.5. The lowest BCUT2D eigenvalue weighted by molar-refractivity contribution is -0.138. The first-order valence-corrected chi connectivity index (χ1v) is 9.07. The summed E-state index contributed by atoms with van der Waals surface area (Å²) in [7, 11) is 1.80. The second-order valence-corrected chi connectivity index (χ2v) is 7.12. The van der Waals surface area contributed by atoms with Crippen LogP contribution >= 0.6 is 12.4 Å². The van der Waals surface area contributed by atoms with Crippen LogP contribution in [0.15, 0.2) is 18.2 Å². The Morgan fingerprint density at radius 2 is 1.82 bits per heavy atom. The number of aliphatic carboxylic acids is 1. The number of benzene rings is 1. The highest BCUT2D eigenvalue weighted by Crippen LogP contribution is 2.15. The van der Waals surface area contributed by atoms with Gasteiger partial charge in [0.05, 0.1) is 13.1 Å². The number of anilines is 1. The zero-order chi connectivity index (χ0) is 20.0. The first-order chi connectivity index (χ1) is 12.7. The lowest BCUT2D eigenvalue weighted by Crippen LogP contribution is -2.48. The molecular formula is C19H29ClN4O4.